The molecule has 0 aliphatic heterocycles. The quantitative estimate of drug-likeness (QED) is 0.229. The Kier molecular flexibility index (Phi) is 6.99. The number of hydrogen-bond acceptors (Lipinski definition) is 7. The lowest BCUT2D eigenvalue weighted by atomic mass is 10.1. The first kappa shape index (κ1) is 24.0. The van der Waals surface area contributed by atoms with Crippen LogP contribution in [0.15, 0.2) is 73.1 Å². The van der Waals surface area contributed by atoms with E-state index in [-0.39, 0.29) is 19.0 Å². The Labute approximate surface area is 215 Å². The van der Waals surface area contributed by atoms with E-state index in [1.807, 2.05) is 30.3 Å². The molecule has 0 aliphatic carbocycles. The Morgan fingerprint density at radius 2 is 1.89 bits per heavy atom. The number of aliphatic hydroxyl groups excluding tert-OH is 1. The smallest absolute Gasteiger partial charge is 0.142 e. The van der Waals surface area contributed by atoms with E-state index in [9.17, 15) is 9.50 Å². The number of fused-ring (bicyclic) bond motifs is 1. The van der Waals surface area contributed by atoms with Crippen LogP contribution in [0, 0.1) is 5.82 Å². The zero-order valence-electron chi connectivity index (χ0n) is 19.2. The van der Waals surface area contributed by atoms with E-state index in [0.717, 1.165) is 31.9 Å². The molecule has 0 amide bonds. The third-order valence-corrected chi connectivity index (χ3v) is 6.89. The summed E-state index contributed by atoms with van der Waals surface area (Å²) < 4.78 is 24.7. The van der Waals surface area contributed by atoms with Crippen molar-refractivity contribution in [3.05, 3.63) is 95.0 Å². The number of thiophene rings is 1. The van der Waals surface area contributed by atoms with Crippen LogP contribution < -0.4 is 14.8 Å². The van der Waals surface area contributed by atoms with E-state index in [4.69, 9.17) is 21.1 Å². The predicted octanol–water partition coefficient (Wildman–Crippen LogP) is 6.97. The molecule has 5 aromatic rings. The zero-order chi connectivity index (χ0) is 25.1. The summed E-state index contributed by atoms with van der Waals surface area (Å²) in [7, 11) is 1.61. The molecule has 5 rings (SSSR count). The average molecular weight is 522 g/mol. The number of methoxy groups -OCH3 is 1. The standard InChI is InChI=1S/C27H21ClFN3O3S/c1-34-24-10-16(13-33)5-7-20(24)25-12-21-26(30-15-31-27(21)36-25)32-19-6-8-23(22(28)11-19)35-14-17-3-2-4-18(29)9-17/h2-12,15,33H,13-14H2,1H3,(H,30,31,32). The number of aliphatic hydroxyl groups is 1. The van der Waals surface area contributed by atoms with Gasteiger partial charge in [-0.1, -0.05) is 29.8 Å². The first-order valence-corrected chi connectivity index (χ1v) is 12.2. The molecular formula is C27H21ClFN3O3S. The number of rotatable bonds is 8. The molecule has 3 aromatic carbocycles. The van der Waals surface area contributed by atoms with Gasteiger partial charge in [-0.2, -0.15) is 0 Å². The van der Waals surface area contributed by atoms with E-state index in [2.05, 4.69) is 15.3 Å². The highest BCUT2D eigenvalue weighted by atomic mass is 35.5. The molecule has 0 saturated heterocycles. The summed E-state index contributed by atoms with van der Waals surface area (Å²) in [6.45, 7) is 0.150. The molecule has 2 aromatic heterocycles. The van der Waals surface area contributed by atoms with Gasteiger partial charge in [-0.05, 0) is 59.7 Å². The highest BCUT2D eigenvalue weighted by Crippen LogP contribution is 2.40. The lowest BCUT2D eigenvalue weighted by Gasteiger charge is -2.11. The van der Waals surface area contributed by atoms with Crippen LogP contribution in [0.1, 0.15) is 11.1 Å². The second-order valence-corrected chi connectivity index (χ2v) is 9.37. The molecular weight excluding hydrogens is 501 g/mol. The first-order chi connectivity index (χ1) is 17.5. The van der Waals surface area contributed by atoms with Crippen LogP contribution in [0.3, 0.4) is 0 Å². The maximum Gasteiger partial charge on any atom is 0.142 e. The Morgan fingerprint density at radius 3 is 2.67 bits per heavy atom. The summed E-state index contributed by atoms with van der Waals surface area (Å²) in [5, 5.41) is 14.0. The molecule has 0 fully saturated rings. The molecule has 0 bridgehead atoms. The number of benzene rings is 3. The van der Waals surface area contributed by atoms with Gasteiger partial charge in [-0.15, -0.1) is 11.3 Å². The van der Waals surface area contributed by atoms with Crippen LogP contribution in [-0.4, -0.2) is 22.2 Å². The van der Waals surface area contributed by atoms with Gasteiger partial charge in [-0.25, -0.2) is 14.4 Å². The van der Waals surface area contributed by atoms with Crippen LogP contribution in [0.2, 0.25) is 5.02 Å². The van der Waals surface area contributed by atoms with Crippen LogP contribution in [-0.2, 0) is 13.2 Å². The van der Waals surface area contributed by atoms with Crippen molar-refractivity contribution in [2.45, 2.75) is 13.2 Å². The van der Waals surface area contributed by atoms with E-state index >= 15 is 0 Å². The third-order valence-electron chi connectivity index (χ3n) is 5.52. The fourth-order valence-electron chi connectivity index (χ4n) is 3.75. The number of nitrogens with zero attached hydrogens (tertiary/aromatic N) is 2. The Bertz CT molecular complexity index is 1540. The average Bonchev–Trinajstić information content (AvgIpc) is 3.33. The molecule has 2 heterocycles. The molecule has 6 nitrogen and oxygen atoms in total. The SMILES string of the molecule is COc1cc(CO)ccc1-c1cc2c(Nc3ccc(OCc4cccc(F)c4)c(Cl)c3)ncnc2s1. The van der Waals surface area contributed by atoms with Gasteiger partial charge in [0.05, 0.1) is 24.1 Å². The van der Waals surface area contributed by atoms with Gasteiger partial charge in [0, 0.05) is 16.1 Å². The summed E-state index contributed by atoms with van der Waals surface area (Å²) in [6.07, 6.45) is 1.51. The van der Waals surface area contributed by atoms with Crippen molar-refractivity contribution in [1.82, 2.24) is 9.97 Å². The molecule has 0 aliphatic rings. The van der Waals surface area contributed by atoms with Crippen LogP contribution in [0.4, 0.5) is 15.9 Å². The van der Waals surface area contributed by atoms with E-state index in [1.165, 1.54) is 29.8 Å². The third kappa shape index (κ3) is 5.11. The topological polar surface area (TPSA) is 76.5 Å². The van der Waals surface area contributed by atoms with Gasteiger partial charge < -0.3 is 19.9 Å². The van der Waals surface area contributed by atoms with Crippen molar-refractivity contribution in [2.75, 3.05) is 12.4 Å². The Morgan fingerprint density at radius 1 is 1.00 bits per heavy atom. The van der Waals surface area contributed by atoms with Crippen molar-refractivity contribution >= 4 is 44.7 Å². The van der Waals surface area contributed by atoms with E-state index in [1.54, 1.807) is 31.4 Å². The summed E-state index contributed by atoms with van der Waals surface area (Å²) in [5.74, 6) is 1.50. The lowest BCUT2D eigenvalue weighted by Crippen LogP contribution is -1.98. The number of hydrogen-bond donors (Lipinski definition) is 2. The normalized spacial score (nSPS) is 11.0. The number of nitrogens with one attached hydrogen (secondary N) is 1. The number of halogens is 2. The maximum atomic E-state index is 13.4. The fourth-order valence-corrected chi connectivity index (χ4v) is 5.01. The van der Waals surface area contributed by atoms with Crippen LogP contribution in [0.25, 0.3) is 20.7 Å². The minimum atomic E-state index is -0.310. The summed E-state index contributed by atoms with van der Waals surface area (Å²) >= 11 is 7.97. The molecule has 2 N–H and O–H groups in total. The Hall–Kier alpha value is -3.72. The molecule has 0 saturated carbocycles. The molecule has 9 heteroatoms. The van der Waals surface area contributed by atoms with Crippen molar-refractivity contribution in [2.24, 2.45) is 0 Å². The van der Waals surface area contributed by atoms with Gasteiger partial charge in [0.25, 0.3) is 0 Å². The number of anilines is 2. The maximum absolute atomic E-state index is 13.4. The molecule has 36 heavy (non-hydrogen) atoms. The van der Waals surface area contributed by atoms with E-state index < -0.39 is 0 Å². The molecule has 182 valence electrons. The molecule has 0 radical (unpaired) electrons. The highest BCUT2D eigenvalue weighted by molar-refractivity contribution is 7.22. The highest BCUT2D eigenvalue weighted by Gasteiger charge is 2.15. The molecule has 0 unspecified atom stereocenters. The minimum absolute atomic E-state index is 0.0558. The summed E-state index contributed by atoms with van der Waals surface area (Å²) in [6, 6.07) is 19.2. The largest absolute Gasteiger partial charge is 0.496 e. The van der Waals surface area contributed by atoms with Gasteiger partial charge >= 0.3 is 0 Å². The Balaban J connectivity index is 1.38. The second-order valence-electron chi connectivity index (χ2n) is 7.93. The number of aromatic nitrogens is 2. The van der Waals surface area contributed by atoms with Gasteiger partial charge in [0.15, 0.2) is 0 Å². The lowest BCUT2D eigenvalue weighted by molar-refractivity contribution is 0.281. The van der Waals surface area contributed by atoms with Crippen molar-refractivity contribution in [3.63, 3.8) is 0 Å². The molecule has 0 spiro atoms. The number of ether oxygens (including phenoxy) is 2. The predicted molar refractivity (Wildman–Crippen MR) is 141 cm³/mol. The zero-order valence-corrected chi connectivity index (χ0v) is 20.7. The van der Waals surface area contributed by atoms with Crippen molar-refractivity contribution in [1.29, 1.82) is 0 Å². The first-order valence-electron chi connectivity index (χ1n) is 11.0. The van der Waals surface area contributed by atoms with Crippen LogP contribution in [0.5, 0.6) is 11.5 Å². The fraction of sp³-hybridized carbons (Fsp3) is 0.111. The van der Waals surface area contributed by atoms with E-state index in [0.29, 0.717) is 27.9 Å². The summed E-state index contributed by atoms with van der Waals surface area (Å²) in [5.41, 5.74) is 3.13. The van der Waals surface area contributed by atoms with Crippen LogP contribution >= 0.6 is 22.9 Å². The second kappa shape index (κ2) is 10.5. The van der Waals surface area contributed by atoms with Gasteiger partial charge in [0.2, 0.25) is 0 Å². The minimum Gasteiger partial charge on any atom is -0.496 e. The van der Waals surface area contributed by atoms with Crippen molar-refractivity contribution in [3.8, 4) is 21.9 Å². The molecule has 0 atom stereocenters. The summed E-state index contributed by atoms with van der Waals surface area (Å²) in [4.78, 5) is 10.6. The van der Waals surface area contributed by atoms with Gasteiger partial charge in [-0.3, -0.25) is 0 Å². The monoisotopic (exact) mass is 521 g/mol. The van der Waals surface area contributed by atoms with Crippen molar-refractivity contribution < 1.29 is 19.0 Å². The van der Waals surface area contributed by atoms with Gasteiger partial charge in [0.1, 0.15) is 40.9 Å².